The minimum absolute atomic E-state index is 0.000104. The Morgan fingerprint density at radius 1 is 1.16 bits per heavy atom. The van der Waals surface area contributed by atoms with Gasteiger partial charge < -0.3 is 0 Å². The fourth-order valence-electron chi connectivity index (χ4n) is 3.78. The Kier molecular flexibility index (Phi) is 5.94. The van der Waals surface area contributed by atoms with Crippen LogP contribution in [0, 0.1) is 13.8 Å². The van der Waals surface area contributed by atoms with Gasteiger partial charge in [0.15, 0.2) is 10.9 Å². The van der Waals surface area contributed by atoms with E-state index in [4.69, 9.17) is 0 Å². The second-order valence-corrected chi connectivity index (χ2v) is 10.7. The fraction of sp³-hybridized carbons (Fsp3) is 0.304. The highest BCUT2D eigenvalue weighted by Crippen LogP contribution is 2.32. The molecule has 0 fully saturated rings. The molecule has 0 spiro atoms. The van der Waals surface area contributed by atoms with E-state index >= 15 is 0 Å². The van der Waals surface area contributed by atoms with Crippen LogP contribution in [0.15, 0.2) is 53.9 Å². The molecule has 0 saturated carbocycles. The number of sulfonamides is 1. The Bertz CT molecular complexity index is 1250. The Hall–Kier alpha value is -2.58. The number of aryl methyl sites for hydroxylation is 1. The van der Waals surface area contributed by atoms with Crippen molar-refractivity contribution in [2.75, 3.05) is 22.4 Å². The van der Waals surface area contributed by atoms with Crippen LogP contribution >= 0.6 is 11.8 Å². The zero-order valence-corrected chi connectivity index (χ0v) is 19.5. The summed E-state index contributed by atoms with van der Waals surface area (Å²) in [6.07, 6.45) is 4.28. The van der Waals surface area contributed by atoms with Gasteiger partial charge in [-0.15, -0.1) is 0 Å². The zero-order chi connectivity index (χ0) is 22.2. The largest absolute Gasteiger partial charge is 0.295 e. The molecule has 8 heteroatoms. The summed E-state index contributed by atoms with van der Waals surface area (Å²) in [5.41, 5.74) is 5.64. The first-order valence-corrected chi connectivity index (χ1v) is 12.8. The molecule has 0 aliphatic carbocycles. The minimum atomic E-state index is -3.29. The Morgan fingerprint density at radius 2 is 1.97 bits per heavy atom. The molecule has 0 atom stereocenters. The summed E-state index contributed by atoms with van der Waals surface area (Å²) < 4.78 is 28.0. The van der Waals surface area contributed by atoms with Gasteiger partial charge in [0.05, 0.1) is 22.9 Å². The second-order valence-electron chi connectivity index (χ2n) is 7.58. The third-order valence-corrected chi connectivity index (χ3v) is 8.48. The highest BCUT2D eigenvalue weighted by molar-refractivity contribution is 7.99. The maximum absolute atomic E-state index is 12.9. The van der Waals surface area contributed by atoms with E-state index in [1.807, 2.05) is 29.0 Å². The Balaban J connectivity index is 1.50. The van der Waals surface area contributed by atoms with Gasteiger partial charge in [-0.25, -0.2) is 13.4 Å². The average Bonchev–Trinajstić information content (AvgIpc) is 3.40. The first kappa shape index (κ1) is 21.6. The molecule has 2 heterocycles. The Morgan fingerprint density at radius 3 is 2.74 bits per heavy atom. The molecule has 6 nitrogen and oxygen atoms in total. The number of carbonyl (C=O) groups excluding carboxylic acids is 1. The number of aromatic nitrogens is 2. The zero-order valence-electron chi connectivity index (χ0n) is 17.8. The number of nitrogens with zero attached hydrogens (tertiary/aromatic N) is 3. The quantitative estimate of drug-likeness (QED) is 0.395. The van der Waals surface area contributed by atoms with Gasteiger partial charge >= 0.3 is 0 Å². The smallest absolute Gasteiger partial charge is 0.234 e. The minimum Gasteiger partial charge on any atom is -0.295 e. The molecule has 1 aromatic heterocycles. The predicted octanol–water partition coefficient (Wildman–Crippen LogP) is 4.18. The molecule has 1 aliphatic heterocycles. The summed E-state index contributed by atoms with van der Waals surface area (Å²) in [4.78, 5) is 17.3. The highest BCUT2D eigenvalue weighted by Gasteiger charge is 2.28. The van der Waals surface area contributed by atoms with E-state index in [9.17, 15) is 13.2 Å². The molecule has 0 saturated heterocycles. The third kappa shape index (κ3) is 4.14. The standard InChI is InChI=1S/C23H25N3O3S2/c1-4-31(28,29)26-12-10-18-14-19(8-9-21(18)26)22(27)15-30-23-24-11-13-25(23)20-7-5-6-16(2)17(20)3/h5-9,11,13-14H,4,10,12,15H2,1-3H3. The van der Waals surface area contributed by atoms with Gasteiger partial charge in [0.1, 0.15) is 0 Å². The summed E-state index contributed by atoms with van der Waals surface area (Å²) in [7, 11) is -3.29. The van der Waals surface area contributed by atoms with Crippen LogP contribution in [0.3, 0.4) is 0 Å². The summed E-state index contributed by atoms with van der Waals surface area (Å²) >= 11 is 1.40. The van der Waals surface area contributed by atoms with E-state index in [1.165, 1.54) is 27.2 Å². The van der Waals surface area contributed by atoms with Gasteiger partial charge in [-0.2, -0.15) is 0 Å². The van der Waals surface area contributed by atoms with Crippen LogP contribution in [0.4, 0.5) is 5.69 Å². The fourth-order valence-corrected chi connectivity index (χ4v) is 5.80. The lowest BCUT2D eigenvalue weighted by Crippen LogP contribution is -2.30. The second kappa shape index (κ2) is 8.51. The number of benzene rings is 2. The number of fused-ring (bicyclic) bond motifs is 1. The molecule has 0 radical (unpaired) electrons. The molecule has 4 rings (SSSR count). The third-order valence-electron chi connectivity index (χ3n) is 5.73. The van der Waals surface area contributed by atoms with Crippen molar-refractivity contribution in [3.05, 3.63) is 71.0 Å². The number of rotatable bonds is 7. The topological polar surface area (TPSA) is 72.3 Å². The molecule has 2 aromatic carbocycles. The lowest BCUT2D eigenvalue weighted by atomic mass is 10.1. The van der Waals surface area contributed by atoms with Crippen molar-refractivity contribution in [3.63, 3.8) is 0 Å². The van der Waals surface area contributed by atoms with E-state index in [0.717, 1.165) is 16.4 Å². The maximum atomic E-state index is 12.9. The van der Waals surface area contributed by atoms with Crippen LogP contribution in [-0.2, 0) is 16.4 Å². The molecule has 0 amide bonds. The summed E-state index contributed by atoms with van der Waals surface area (Å²) in [5, 5.41) is 0.767. The number of hydrogen-bond donors (Lipinski definition) is 0. The monoisotopic (exact) mass is 455 g/mol. The van der Waals surface area contributed by atoms with E-state index in [0.29, 0.717) is 24.2 Å². The maximum Gasteiger partial charge on any atom is 0.234 e. The molecular formula is C23H25N3O3S2. The number of thioether (sulfide) groups is 1. The van der Waals surface area contributed by atoms with E-state index in [-0.39, 0.29) is 17.3 Å². The van der Waals surface area contributed by atoms with Crippen molar-refractivity contribution >= 4 is 33.3 Å². The van der Waals surface area contributed by atoms with E-state index in [1.54, 1.807) is 25.3 Å². The molecule has 31 heavy (non-hydrogen) atoms. The summed E-state index contributed by atoms with van der Waals surface area (Å²) in [5.74, 6) is 0.328. The van der Waals surface area contributed by atoms with Gasteiger partial charge in [0, 0.05) is 24.5 Å². The molecule has 3 aromatic rings. The molecule has 0 N–H and O–H groups in total. The molecule has 0 unspecified atom stereocenters. The van der Waals surface area contributed by atoms with Crippen LogP contribution in [0.2, 0.25) is 0 Å². The SMILES string of the molecule is CCS(=O)(=O)N1CCc2cc(C(=O)CSc3nccn3-c3cccc(C)c3C)ccc21. The number of hydrogen-bond acceptors (Lipinski definition) is 5. The number of anilines is 1. The van der Waals surface area contributed by atoms with Crippen LogP contribution < -0.4 is 4.31 Å². The first-order chi connectivity index (χ1) is 14.8. The van der Waals surface area contributed by atoms with Crippen molar-refractivity contribution in [2.24, 2.45) is 0 Å². The van der Waals surface area contributed by atoms with Crippen LogP contribution in [0.25, 0.3) is 5.69 Å². The average molecular weight is 456 g/mol. The van der Waals surface area contributed by atoms with Gasteiger partial charge in [0.2, 0.25) is 10.0 Å². The van der Waals surface area contributed by atoms with Gasteiger partial charge in [-0.3, -0.25) is 13.7 Å². The van der Waals surface area contributed by atoms with Gasteiger partial charge in [0.25, 0.3) is 0 Å². The van der Waals surface area contributed by atoms with E-state index < -0.39 is 10.0 Å². The molecule has 1 aliphatic rings. The van der Waals surface area contributed by atoms with Gasteiger partial charge in [-0.1, -0.05) is 23.9 Å². The predicted molar refractivity (Wildman–Crippen MR) is 125 cm³/mol. The summed E-state index contributed by atoms with van der Waals surface area (Å²) in [6, 6.07) is 11.5. The highest BCUT2D eigenvalue weighted by atomic mass is 32.2. The van der Waals surface area contributed by atoms with E-state index in [2.05, 4.69) is 24.9 Å². The summed E-state index contributed by atoms with van der Waals surface area (Å²) in [6.45, 7) is 6.24. The van der Waals surface area contributed by atoms with Crippen LogP contribution in [0.1, 0.15) is 34.0 Å². The first-order valence-electron chi connectivity index (χ1n) is 10.2. The number of carbonyl (C=O) groups is 1. The number of imidazole rings is 1. The van der Waals surface area contributed by atoms with Crippen molar-refractivity contribution in [3.8, 4) is 5.69 Å². The molecular weight excluding hydrogens is 430 g/mol. The van der Waals surface area contributed by atoms with Crippen LogP contribution in [-0.4, -0.2) is 41.8 Å². The van der Waals surface area contributed by atoms with Crippen LogP contribution in [0.5, 0.6) is 0 Å². The number of ketones is 1. The number of Topliss-reactive ketones (excluding diaryl/α,β-unsaturated/α-hetero) is 1. The molecule has 162 valence electrons. The van der Waals surface area contributed by atoms with Gasteiger partial charge in [-0.05, 0) is 68.1 Å². The van der Waals surface area contributed by atoms with Crippen molar-refractivity contribution in [2.45, 2.75) is 32.3 Å². The lowest BCUT2D eigenvalue weighted by Gasteiger charge is -2.18. The van der Waals surface area contributed by atoms with Crippen molar-refractivity contribution in [1.29, 1.82) is 0 Å². The van der Waals surface area contributed by atoms with Crippen molar-refractivity contribution in [1.82, 2.24) is 9.55 Å². The molecule has 0 bridgehead atoms. The normalized spacial score (nSPS) is 13.5. The lowest BCUT2D eigenvalue weighted by molar-refractivity contribution is 0.102. The van der Waals surface area contributed by atoms with Crippen molar-refractivity contribution < 1.29 is 13.2 Å². The Labute approximate surface area is 187 Å².